The summed E-state index contributed by atoms with van der Waals surface area (Å²) in [5.74, 6) is 0.616. The van der Waals surface area contributed by atoms with Gasteiger partial charge in [-0.25, -0.2) is 20.6 Å². The number of hydrogen-bond acceptors (Lipinski definition) is 5. The number of carbonyl (C=O) groups excluding carboxylic acids is 3. The summed E-state index contributed by atoms with van der Waals surface area (Å²) < 4.78 is 2.05. The number of thiophene rings is 1. The maximum absolute atomic E-state index is 12.4. The summed E-state index contributed by atoms with van der Waals surface area (Å²) in [5, 5.41) is 0. The second-order valence-corrected chi connectivity index (χ2v) is 9.14. The maximum atomic E-state index is 12.4. The number of carbonyl (C=O) groups is 3. The second-order valence-electron chi connectivity index (χ2n) is 8.00. The topological polar surface area (TPSA) is 117 Å². The lowest BCUT2D eigenvalue weighted by atomic mass is 9.90. The van der Waals surface area contributed by atoms with Gasteiger partial charge in [-0.05, 0) is 68.9 Å². The van der Waals surface area contributed by atoms with Crippen LogP contribution in [0.4, 0.5) is 4.79 Å². The van der Waals surface area contributed by atoms with Crippen LogP contribution in [0.15, 0.2) is 24.3 Å². The molecular formula is C22H26N6O3S. The largest absolute Gasteiger partial charge is 0.352 e. The van der Waals surface area contributed by atoms with E-state index in [4.69, 9.17) is 0 Å². The number of nitrogens with zero attached hydrogens (tertiary/aromatic N) is 2. The molecule has 0 saturated heterocycles. The molecule has 4 rings (SSSR count). The Balaban J connectivity index is 1.29. The molecule has 32 heavy (non-hydrogen) atoms. The first-order valence-electron chi connectivity index (χ1n) is 10.6. The van der Waals surface area contributed by atoms with Crippen LogP contribution in [0, 0.1) is 12.8 Å². The van der Waals surface area contributed by atoms with E-state index in [2.05, 4.69) is 38.2 Å². The number of imidazole rings is 1. The summed E-state index contributed by atoms with van der Waals surface area (Å²) in [6.07, 6.45) is 3.09. The minimum Gasteiger partial charge on any atom is -0.329 e. The summed E-state index contributed by atoms with van der Waals surface area (Å²) in [6.45, 7) is 6.94. The van der Waals surface area contributed by atoms with Crippen molar-refractivity contribution in [1.82, 2.24) is 31.3 Å². The van der Waals surface area contributed by atoms with Crippen LogP contribution < -0.4 is 21.7 Å². The van der Waals surface area contributed by atoms with Gasteiger partial charge in [0.25, 0.3) is 11.8 Å². The van der Waals surface area contributed by atoms with E-state index < -0.39 is 11.9 Å². The average molecular weight is 455 g/mol. The van der Waals surface area contributed by atoms with E-state index in [-0.39, 0.29) is 5.91 Å². The summed E-state index contributed by atoms with van der Waals surface area (Å²) in [6, 6.07) is 6.31. The lowest BCUT2D eigenvalue weighted by Gasteiger charge is -2.16. The van der Waals surface area contributed by atoms with E-state index in [9.17, 15) is 14.4 Å². The highest BCUT2D eigenvalue weighted by molar-refractivity contribution is 7.14. The molecule has 2 aromatic heterocycles. The van der Waals surface area contributed by atoms with Gasteiger partial charge in [-0.3, -0.25) is 20.4 Å². The van der Waals surface area contributed by atoms with Crippen molar-refractivity contribution in [2.75, 3.05) is 0 Å². The third kappa shape index (κ3) is 4.45. The van der Waals surface area contributed by atoms with Crippen molar-refractivity contribution in [2.24, 2.45) is 5.92 Å². The lowest BCUT2D eigenvalue weighted by Crippen LogP contribution is -2.52. The minimum absolute atomic E-state index is 0.362. The summed E-state index contributed by atoms with van der Waals surface area (Å²) in [5.41, 5.74) is 12.4. The quantitative estimate of drug-likeness (QED) is 0.455. The standard InChI is InChI=1S/C22H26N6O3S/c1-4-28-13(3)23-16-10-14(6-7-17(16)28)20(29)24-26-22(31)27-25-21(30)19-11-15-9-12(2)5-8-18(15)32-19/h6-7,10-12H,4-5,8-9H2,1-3H3,(H,24,29)(H,25,30)(H2,26,27,31). The number of benzene rings is 1. The Labute approximate surface area is 189 Å². The molecule has 4 amide bonds. The number of hydrogen-bond donors (Lipinski definition) is 4. The van der Waals surface area contributed by atoms with Gasteiger partial charge in [-0.15, -0.1) is 11.3 Å². The van der Waals surface area contributed by atoms with Gasteiger partial charge in [0.2, 0.25) is 0 Å². The van der Waals surface area contributed by atoms with Crippen molar-refractivity contribution in [3.8, 4) is 0 Å². The van der Waals surface area contributed by atoms with Crippen molar-refractivity contribution in [1.29, 1.82) is 0 Å². The fourth-order valence-corrected chi connectivity index (χ4v) is 5.10. The van der Waals surface area contributed by atoms with Gasteiger partial charge in [-0.2, -0.15) is 0 Å². The normalized spacial score (nSPS) is 15.2. The first-order valence-corrected chi connectivity index (χ1v) is 11.4. The molecule has 10 heteroatoms. The molecular weight excluding hydrogens is 428 g/mol. The molecule has 1 aromatic carbocycles. The second kappa shape index (κ2) is 8.99. The predicted octanol–water partition coefficient (Wildman–Crippen LogP) is 2.84. The van der Waals surface area contributed by atoms with Crippen molar-refractivity contribution >= 4 is 40.2 Å². The zero-order valence-electron chi connectivity index (χ0n) is 18.2. The summed E-state index contributed by atoms with van der Waals surface area (Å²) in [7, 11) is 0. The van der Waals surface area contributed by atoms with Crippen molar-refractivity contribution in [3.63, 3.8) is 0 Å². The van der Waals surface area contributed by atoms with Crippen LogP contribution in [-0.4, -0.2) is 27.4 Å². The minimum atomic E-state index is -0.756. The van der Waals surface area contributed by atoms with Crippen molar-refractivity contribution < 1.29 is 14.4 Å². The van der Waals surface area contributed by atoms with Gasteiger partial charge in [0.05, 0.1) is 15.9 Å². The number of hydrazine groups is 2. The van der Waals surface area contributed by atoms with E-state index in [1.165, 1.54) is 21.8 Å². The van der Waals surface area contributed by atoms with E-state index >= 15 is 0 Å². The Morgan fingerprint density at radius 1 is 1.12 bits per heavy atom. The average Bonchev–Trinajstić information content (AvgIpc) is 3.34. The molecule has 0 bridgehead atoms. The van der Waals surface area contributed by atoms with Crippen molar-refractivity contribution in [3.05, 3.63) is 51.0 Å². The lowest BCUT2D eigenvalue weighted by molar-refractivity contribution is 0.0930. The smallest absolute Gasteiger partial charge is 0.329 e. The first kappa shape index (κ1) is 21.8. The van der Waals surface area contributed by atoms with E-state index in [1.807, 2.05) is 26.0 Å². The molecule has 1 unspecified atom stereocenters. The van der Waals surface area contributed by atoms with Gasteiger partial charge in [0, 0.05) is 17.0 Å². The highest BCUT2D eigenvalue weighted by Crippen LogP contribution is 2.32. The molecule has 0 aliphatic heterocycles. The number of nitrogens with one attached hydrogen (secondary N) is 4. The van der Waals surface area contributed by atoms with Crippen molar-refractivity contribution in [2.45, 2.75) is 46.6 Å². The molecule has 0 saturated carbocycles. The van der Waals surface area contributed by atoms with Crippen LogP contribution in [0.5, 0.6) is 0 Å². The van der Waals surface area contributed by atoms with E-state index in [0.29, 0.717) is 21.9 Å². The highest BCUT2D eigenvalue weighted by atomic mass is 32.1. The molecule has 1 aliphatic rings. The third-order valence-electron chi connectivity index (χ3n) is 5.65. The predicted molar refractivity (Wildman–Crippen MR) is 122 cm³/mol. The Kier molecular flexibility index (Phi) is 6.13. The first-order chi connectivity index (χ1) is 15.4. The van der Waals surface area contributed by atoms with Crippen LogP contribution in [-0.2, 0) is 19.4 Å². The molecule has 2 heterocycles. The van der Waals surface area contributed by atoms with Gasteiger partial charge in [0.1, 0.15) is 5.82 Å². The Bertz CT molecular complexity index is 1200. The van der Waals surface area contributed by atoms with Gasteiger partial charge < -0.3 is 4.57 Å². The fourth-order valence-electron chi connectivity index (χ4n) is 4.00. The molecule has 168 valence electrons. The van der Waals surface area contributed by atoms with Crippen LogP contribution in [0.1, 0.15) is 56.6 Å². The maximum Gasteiger partial charge on any atom is 0.352 e. The van der Waals surface area contributed by atoms with Gasteiger partial charge in [0.15, 0.2) is 0 Å². The molecule has 0 spiro atoms. The summed E-state index contributed by atoms with van der Waals surface area (Å²) in [4.78, 5) is 43.0. The van der Waals surface area contributed by atoms with Crippen LogP contribution >= 0.6 is 11.3 Å². The number of urea groups is 1. The Morgan fingerprint density at radius 3 is 2.62 bits per heavy atom. The molecule has 1 aliphatic carbocycles. The van der Waals surface area contributed by atoms with Gasteiger partial charge in [-0.1, -0.05) is 6.92 Å². The Morgan fingerprint density at radius 2 is 1.88 bits per heavy atom. The zero-order valence-corrected chi connectivity index (χ0v) is 19.1. The monoisotopic (exact) mass is 454 g/mol. The number of aromatic nitrogens is 2. The van der Waals surface area contributed by atoms with Crippen LogP contribution in [0.3, 0.4) is 0 Å². The molecule has 0 fully saturated rings. The number of aryl methyl sites for hydroxylation is 3. The molecule has 1 atom stereocenters. The van der Waals surface area contributed by atoms with E-state index in [1.54, 1.807) is 12.1 Å². The van der Waals surface area contributed by atoms with Crippen LogP contribution in [0.2, 0.25) is 0 Å². The van der Waals surface area contributed by atoms with E-state index in [0.717, 1.165) is 37.1 Å². The zero-order chi connectivity index (χ0) is 22.8. The van der Waals surface area contributed by atoms with Crippen LogP contribution in [0.25, 0.3) is 11.0 Å². The fraction of sp³-hybridized carbons (Fsp3) is 0.364. The Hall–Kier alpha value is -3.40. The number of amides is 4. The molecule has 3 aromatic rings. The number of rotatable bonds is 3. The number of fused-ring (bicyclic) bond motifs is 2. The highest BCUT2D eigenvalue weighted by Gasteiger charge is 2.21. The third-order valence-corrected chi connectivity index (χ3v) is 6.89. The van der Waals surface area contributed by atoms with Gasteiger partial charge >= 0.3 is 6.03 Å². The molecule has 0 radical (unpaired) electrons. The molecule has 9 nitrogen and oxygen atoms in total. The SMILES string of the molecule is CCn1c(C)nc2cc(C(=O)NNC(=O)NNC(=O)c3cc4c(s3)CCC(C)C4)ccc21. The summed E-state index contributed by atoms with van der Waals surface area (Å²) >= 11 is 1.46. The molecule has 4 N–H and O–H groups in total.